The van der Waals surface area contributed by atoms with Gasteiger partial charge in [0.25, 0.3) is 26.0 Å². The van der Waals surface area contributed by atoms with Crippen LogP contribution in [-0.2, 0) is 20.0 Å². The normalized spacial score (nSPS) is 11.6. The first kappa shape index (κ1) is 27.7. The minimum Gasteiger partial charge on any atom is -0.322 e. The second-order valence-electron chi connectivity index (χ2n) is 7.80. The molecule has 0 saturated heterocycles. The van der Waals surface area contributed by atoms with E-state index in [0.29, 0.717) is 5.69 Å². The molecule has 0 fully saturated rings. The number of hydrogen-bond acceptors (Lipinski definition) is 5. The van der Waals surface area contributed by atoms with Gasteiger partial charge in [0.1, 0.15) is 4.90 Å². The summed E-state index contributed by atoms with van der Waals surface area (Å²) >= 11 is 18.1. The highest BCUT2D eigenvalue weighted by Gasteiger charge is 2.21. The van der Waals surface area contributed by atoms with Crippen molar-refractivity contribution in [3.8, 4) is 0 Å². The Hall–Kier alpha value is -3.28. The molecule has 0 atom stereocenters. The Morgan fingerprint density at radius 1 is 0.632 bits per heavy atom. The number of rotatable bonds is 8. The maximum absolute atomic E-state index is 12.9. The van der Waals surface area contributed by atoms with Gasteiger partial charge in [-0.1, -0.05) is 59.1 Å². The zero-order valence-corrected chi connectivity index (χ0v) is 23.1. The number of para-hydroxylation sites is 1. The molecule has 0 aliphatic rings. The van der Waals surface area contributed by atoms with Crippen LogP contribution >= 0.6 is 34.8 Å². The number of amides is 1. The first-order valence-electron chi connectivity index (χ1n) is 10.7. The maximum atomic E-state index is 12.9. The molecule has 0 saturated carbocycles. The summed E-state index contributed by atoms with van der Waals surface area (Å²) in [6, 6.07) is 22.0. The van der Waals surface area contributed by atoms with Gasteiger partial charge in [0.2, 0.25) is 0 Å². The van der Waals surface area contributed by atoms with E-state index in [1.165, 1.54) is 48.5 Å². The highest BCUT2D eigenvalue weighted by atomic mass is 35.5. The Morgan fingerprint density at radius 3 is 2.00 bits per heavy atom. The van der Waals surface area contributed by atoms with Crippen molar-refractivity contribution in [3.05, 3.63) is 112 Å². The fourth-order valence-electron chi connectivity index (χ4n) is 3.27. The van der Waals surface area contributed by atoms with Crippen LogP contribution in [0.1, 0.15) is 10.4 Å². The van der Waals surface area contributed by atoms with Crippen molar-refractivity contribution < 1.29 is 21.6 Å². The summed E-state index contributed by atoms with van der Waals surface area (Å²) < 4.78 is 56.0. The molecule has 0 aromatic heterocycles. The van der Waals surface area contributed by atoms with Crippen LogP contribution in [-0.4, -0.2) is 22.7 Å². The van der Waals surface area contributed by atoms with Crippen LogP contribution in [0.4, 0.5) is 17.1 Å². The average molecular weight is 611 g/mol. The molecule has 0 radical (unpaired) electrons. The molecule has 1 amide bonds. The predicted molar refractivity (Wildman–Crippen MR) is 150 cm³/mol. The molecule has 196 valence electrons. The molecule has 4 aromatic carbocycles. The highest BCUT2D eigenvalue weighted by molar-refractivity contribution is 7.93. The van der Waals surface area contributed by atoms with Gasteiger partial charge in [0, 0.05) is 16.9 Å². The number of anilines is 3. The molecule has 0 unspecified atom stereocenters. The van der Waals surface area contributed by atoms with E-state index >= 15 is 0 Å². The Kier molecular flexibility index (Phi) is 8.19. The summed E-state index contributed by atoms with van der Waals surface area (Å²) in [5, 5.41) is 2.79. The Labute approximate surface area is 234 Å². The molecule has 0 heterocycles. The van der Waals surface area contributed by atoms with Crippen LogP contribution in [0, 0.1) is 0 Å². The lowest BCUT2D eigenvalue weighted by molar-refractivity contribution is 0.102. The molecule has 8 nitrogen and oxygen atoms in total. The SMILES string of the molecule is O=C(Nc1ccc(S(=O)(=O)Nc2cccc(Cl)c2Cl)cc1)c1ccc(Cl)c(S(=O)(=O)Nc2ccccc2)c1. The minimum atomic E-state index is -4.08. The summed E-state index contributed by atoms with van der Waals surface area (Å²) in [5.41, 5.74) is 0.751. The van der Waals surface area contributed by atoms with E-state index in [9.17, 15) is 21.6 Å². The summed E-state index contributed by atoms with van der Waals surface area (Å²) in [5.74, 6) is -0.628. The number of sulfonamides is 2. The number of carbonyl (C=O) groups excluding carboxylic acids is 1. The summed E-state index contributed by atoms with van der Waals surface area (Å²) in [4.78, 5) is 12.5. The number of nitrogens with one attached hydrogen (secondary N) is 3. The van der Waals surface area contributed by atoms with Crippen LogP contribution in [0.5, 0.6) is 0 Å². The lowest BCUT2D eigenvalue weighted by Gasteiger charge is -2.12. The van der Waals surface area contributed by atoms with Crippen molar-refractivity contribution in [3.63, 3.8) is 0 Å². The summed E-state index contributed by atoms with van der Waals surface area (Å²) in [6.45, 7) is 0. The average Bonchev–Trinajstić information content (AvgIpc) is 2.87. The van der Waals surface area contributed by atoms with Gasteiger partial charge in [-0.3, -0.25) is 14.2 Å². The number of carbonyl (C=O) groups is 1. The molecule has 4 rings (SSSR count). The van der Waals surface area contributed by atoms with Crippen LogP contribution in [0.25, 0.3) is 0 Å². The lowest BCUT2D eigenvalue weighted by atomic mass is 10.2. The van der Waals surface area contributed by atoms with Gasteiger partial charge in [-0.15, -0.1) is 0 Å². The molecule has 38 heavy (non-hydrogen) atoms. The third-order valence-electron chi connectivity index (χ3n) is 5.13. The Morgan fingerprint density at radius 2 is 1.32 bits per heavy atom. The van der Waals surface area contributed by atoms with Crippen LogP contribution in [0.15, 0.2) is 101 Å². The maximum Gasteiger partial charge on any atom is 0.263 e. The monoisotopic (exact) mass is 609 g/mol. The largest absolute Gasteiger partial charge is 0.322 e. The molecule has 0 aliphatic heterocycles. The Bertz CT molecular complexity index is 1720. The Balaban J connectivity index is 1.50. The highest BCUT2D eigenvalue weighted by Crippen LogP contribution is 2.31. The topological polar surface area (TPSA) is 121 Å². The van der Waals surface area contributed by atoms with Gasteiger partial charge in [-0.2, -0.15) is 0 Å². The van der Waals surface area contributed by atoms with Gasteiger partial charge in [0.05, 0.1) is 25.7 Å². The minimum absolute atomic E-state index is 0.0248. The van der Waals surface area contributed by atoms with Crippen LogP contribution < -0.4 is 14.8 Å². The van der Waals surface area contributed by atoms with E-state index in [4.69, 9.17) is 34.8 Å². The van der Waals surface area contributed by atoms with Gasteiger partial charge >= 0.3 is 0 Å². The van der Waals surface area contributed by atoms with E-state index in [2.05, 4.69) is 14.8 Å². The fourth-order valence-corrected chi connectivity index (χ4v) is 6.33. The van der Waals surface area contributed by atoms with E-state index < -0.39 is 26.0 Å². The lowest BCUT2D eigenvalue weighted by Crippen LogP contribution is -2.16. The molecule has 0 spiro atoms. The third-order valence-corrected chi connectivity index (χ3v) is 9.19. The number of hydrogen-bond donors (Lipinski definition) is 3. The van der Waals surface area contributed by atoms with E-state index in [0.717, 1.165) is 6.07 Å². The molecule has 13 heteroatoms. The number of benzene rings is 4. The smallest absolute Gasteiger partial charge is 0.263 e. The number of halogens is 3. The van der Waals surface area contributed by atoms with Crippen LogP contribution in [0.2, 0.25) is 15.1 Å². The molecule has 0 aliphatic carbocycles. The fraction of sp³-hybridized carbons (Fsp3) is 0. The van der Waals surface area contributed by atoms with Crippen molar-refractivity contribution in [1.29, 1.82) is 0 Å². The van der Waals surface area contributed by atoms with E-state index in [1.54, 1.807) is 36.4 Å². The van der Waals surface area contributed by atoms with E-state index in [-0.39, 0.29) is 41.8 Å². The predicted octanol–water partition coefficient (Wildman–Crippen LogP) is 6.50. The zero-order valence-electron chi connectivity index (χ0n) is 19.2. The molecule has 4 aromatic rings. The second kappa shape index (κ2) is 11.2. The summed E-state index contributed by atoms with van der Waals surface area (Å²) in [7, 11) is -8.08. The van der Waals surface area contributed by atoms with Gasteiger partial charge < -0.3 is 5.32 Å². The molecule has 3 N–H and O–H groups in total. The van der Waals surface area contributed by atoms with Crippen molar-refractivity contribution in [2.24, 2.45) is 0 Å². The van der Waals surface area contributed by atoms with Crippen molar-refractivity contribution >= 4 is 77.8 Å². The first-order valence-corrected chi connectivity index (χ1v) is 14.8. The molecule has 0 bridgehead atoms. The van der Waals surface area contributed by atoms with E-state index in [1.807, 2.05) is 0 Å². The second-order valence-corrected chi connectivity index (χ2v) is 12.3. The van der Waals surface area contributed by atoms with Crippen molar-refractivity contribution in [1.82, 2.24) is 0 Å². The molecular formula is C25H18Cl3N3O5S2. The van der Waals surface area contributed by atoms with Gasteiger partial charge in [0.15, 0.2) is 0 Å². The van der Waals surface area contributed by atoms with Gasteiger partial charge in [-0.25, -0.2) is 16.8 Å². The van der Waals surface area contributed by atoms with Crippen molar-refractivity contribution in [2.75, 3.05) is 14.8 Å². The van der Waals surface area contributed by atoms with Crippen molar-refractivity contribution in [2.45, 2.75) is 9.79 Å². The van der Waals surface area contributed by atoms with Gasteiger partial charge in [-0.05, 0) is 66.7 Å². The zero-order chi connectivity index (χ0) is 27.5. The van der Waals surface area contributed by atoms with Crippen LogP contribution in [0.3, 0.4) is 0 Å². The quantitative estimate of drug-likeness (QED) is 0.210. The molecular weight excluding hydrogens is 593 g/mol. The summed E-state index contributed by atoms with van der Waals surface area (Å²) in [6.07, 6.45) is 0. The standard InChI is InChI=1S/C25H18Cl3N3O5S2/c26-20-14-9-16(15-23(20)38(35,36)30-18-5-2-1-3-6-18)25(32)29-17-10-12-19(13-11-17)37(33,34)31-22-8-4-7-21(27)24(22)28/h1-15,30-31H,(H,29,32). The first-order chi connectivity index (χ1) is 18.0. The third kappa shape index (κ3) is 6.40.